The van der Waals surface area contributed by atoms with Gasteiger partial charge in [-0.2, -0.15) is 0 Å². The quantitative estimate of drug-likeness (QED) is 0.0272. The van der Waals surface area contributed by atoms with Gasteiger partial charge in [0.2, 0.25) is 5.91 Å². The molecule has 1 saturated heterocycles. The van der Waals surface area contributed by atoms with Crippen LogP contribution in [0.4, 0.5) is 0 Å². The normalized spacial score (nSPS) is 19.7. The van der Waals surface area contributed by atoms with Crippen molar-refractivity contribution in [3.05, 3.63) is 0 Å². The number of ether oxygens (including phenoxy) is 2. The monoisotopic (exact) mass is 1060 g/mol. The van der Waals surface area contributed by atoms with Crippen molar-refractivity contribution in [3.8, 4) is 0 Å². The Bertz CT molecular complexity index is 1160. The third-order valence-electron chi connectivity index (χ3n) is 16.2. The molecule has 0 spiro atoms. The molecule has 11 heteroatoms. The Hall–Kier alpha value is -0.890. The zero-order chi connectivity index (χ0) is 54.0. The van der Waals surface area contributed by atoms with Gasteiger partial charge in [-0.05, 0) is 12.8 Å². The number of nitrogens with one attached hydrogen (secondary N) is 1. The Labute approximate surface area is 456 Å². The van der Waals surface area contributed by atoms with Gasteiger partial charge < -0.3 is 50.5 Å². The number of rotatable bonds is 57. The Kier molecular flexibility index (Phi) is 50.7. The summed E-state index contributed by atoms with van der Waals surface area (Å²) in [7, 11) is 0. The van der Waals surface area contributed by atoms with Crippen LogP contribution in [0.3, 0.4) is 0 Å². The van der Waals surface area contributed by atoms with Crippen LogP contribution in [0.25, 0.3) is 0 Å². The molecule has 0 saturated carbocycles. The minimum atomic E-state index is -1.66. The first-order valence-electron chi connectivity index (χ1n) is 32.4. The second kappa shape index (κ2) is 52.8. The molecule has 0 bridgehead atoms. The number of hydrogen-bond acceptors (Lipinski definition) is 10. The highest BCUT2D eigenvalue weighted by Crippen LogP contribution is 2.24. The van der Waals surface area contributed by atoms with Crippen LogP contribution in [-0.2, 0) is 14.3 Å². The summed E-state index contributed by atoms with van der Waals surface area (Å²) >= 11 is 0. The third kappa shape index (κ3) is 40.3. The number of carbonyl (C=O) groups excluding carboxylic acids is 1. The first kappa shape index (κ1) is 71.1. The van der Waals surface area contributed by atoms with E-state index in [-0.39, 0.29) is 6.42 Å². The summed E-state index contributed by atoms with van der Waals surface area (Å²) in [4.78, 5) is 13.2. The van der Waals surface area contributed by atoms with Crippen molar-refractivity contribution < 1.29 is 50.0 Å². The van der Waals surface area contributed by atoms with E-state index < -0.39 is 74.2 Å². The summed E-state index contributed by atoms with van der Waals surface area (Å²) in [5, 5.41) is 76.4. The molecule has 1 aliphatic rings. The maximum atomic E-state index is 13.2. The molecular formula is C63H125NO10. The minimum absolute atomic E-state index is 0.267. The van der Waals surface area contributed by atoms with Gasteiger partial charge in [-0.25, -0.2) is 0 Å². The van der Waals surface area contributed by atoms with Gasteiger partial charge in [-0.3, -0.25) is 4.79 Å². The van der Waals surface area contributed by atoms with E-state index in [0.717, 1.165) is 38.5 Å². The lowest BCUT2D eigenvalue weighted by molar-refractivity contribution is -0.303. The van der Waals surface area contributed by atoms with Gasteiger partial charge in [0.05, 0.1) is 25.4 Å². The lowest BCUT2D eigenvalue weighted by Gasteiger charge is -2.40. The number of carbonyl (C=O) groups is 1. The van der Waals surface area contributed by atoms with E-state index in [1.54, 1.807) is 0 Å². The van der Waals surface area contributed by atoms with Gasteiger partial charge in [0, 0.05) is 0 Å². The fraction of sp³-hybridized carbons (Fsp3) is 0.984. The van der Waals surface area contributed by atoms with E-state index in [9.17, 15) is 40.5 Å². The molecule has 9 unspecified atom stereocenters. The van der Waals surface area contributed by atoms with Gasteiger partial charge in [0.1, 0.15) is 36.6 Å². The van der Waals surface area contributed by atoms with E-state index in [4.69, 9.17) is 9.47 Å². The predicted octanol–water partition coefficient (Wildman–Crippen LogP) is 14.5. The molecule has 0 aliphatic carbocycles. The summed E-state index contributed by atoms with van der Waals surface area (Å²) in [6.45, 7) is 3.52. The Morgan fingerprint density at radius 3 is 1.00 bits per heavy atom. The average Bonchev–Trinajstić information content (AvgIpc) is 3.40. The minimum Gasteiger partial charge on any atom is -0.394 e. The van der Waals surface area contributed by atoms with Crippen LogP contribution in [0.15, 0.2) is 0 Å². The highest BCUT2D eigenvalue weighted by molar-refractivity contribution is 5.80. The Morgan fingerprint density at radius 2 is 0.703 bits per heavy atom. The van der Waals surface area contributed by atoms with Crippen LogP contribution >= 0.6 is 0 Å². The van der Waals surface area contributed by atoms with E-state index in [1.807, 2.05) is 0 Å². The molecule has 74 heavy (non-hydrogen) atoms. The number of hydrogen-bond donors (Lipinski definition) is 8. The summed E-state index contributed by atoms with van der Waals surface area (Å²) in [6, 6.07) is -1.16. The Balaban J connectivity index is 2.23. The Morgan fingerprint density at radius 1 is 0.419 bits per heavy atom. The lowest BCUT2D eigenvalue weighted by Crippen LogP contribution is -2.60. The van der Waals surface area contributed by atoms with Gasteiger partial charge in [0.15, 0.2) is 6.29 Å². The van der Waals surface area contributed by atoms with Crippen molar-refractivity contribution in [3.63, 3.8) is 0 Å². The second-order valence-corrected chi connectivity index (χ2v) is 23.2. The highest BCUT2D eigenvalue weighted by atomic mass is 16.7. The highest BCUT2D eigenvalue weighted by Gasteiger charge is 2.44. The van der Waals surface area contributed by atoms with E-state index >= 15 is 0 Å². The first-order valence-corrected chi connectivity index (χ1v) is 32.4. The van der Waals surface area contributed by atoms with E-state index in [0.29, 0.717) is 19.3 Å². The predicted molar refractivity (Wildman–Crippen MR) is 307 cm³/mol. The zero-order valence-corrected chi connectivity index (χ0v) is 48.6. The number of aliphatic hydroxyl groups is 7. The number of aliphatic hydroxyl groups excluding tert-OH is 7. The molecule has 8 N–H and O–H groups in total. The summed E-state index contributed by atoms with van der Waals surface area (Å²) in [5.41, 5.74) is 0. The molecule has 1 heterocycles. The van der Waals surface area contributed by atoms with E-state index in [2.05, 4.69) is 19.2 Å². The molecule has 442 valence electrons. The maximum Gasteiger partial charge on any atom is 0.249 e. The SMILES string of the molecule is CCCCCCCCCCCCCCCCCCCCCCCCCCCC(O)C(=O)NC(COC1OC(CO)C(O)C(O)C1O)C(O)C(O)CCCCCCCCCCCCCCCCCCCCCCCC. The van der Waals surface area contributed by atoms with Gasteiger partial charge >= 0.3 is 0 Å². The fourth-order valence-corrected chi connectivity index (χ4v) is 10.9. The molecule has 0 aromatic rings. The molecule has 1 rings (SSSR count). The summed E-state index contributed by atoms with van der Waals surface area (Å²) in [6.07, 6.45) is 50.2. The summed E-state index contributed by atoms with van der Waals surface area (Å²) < 4.78 is 11.2. The van der Waals surface area contributed by atoms with Crippen LogP contribution in [0.2, 0.25) is 0 Å². The molecule has 11 nitrogen and oxygen atoms in total. The molecule has 0 aromatic carbocycles. The molecule has 1 amide bonds. The molecular weight excluding hydrogens is 931 g/mol. The average molecular weight is 1060 g/mol. The zero-order valence-electron chi connectivity index (χ0n) is 48.6. The van der Waals surface area contributed by atoms with Crippen molar-refractivity contribution in [2.75, 3.05) is 13.2 Å². The van der Waals surface area contributed by atoms with Crippen molar-refractivity contribution in [2.24, 2.45) is 0 Å². The topological polar surface area (TPSA) is 189 Å². The fourth-order valence-electron chi connectivity index (χ4n) is 10.9. The van der Waals surface area contributed by atoms with E-state index in [1.165, 1.54) is 250 Å². The van der Waals surface area contributed by atoms with Gasteiger partial charge in [-0.15, -0.1) is 0 Å². The molecule has 1 fully saturated rings. The largest absolute Gasteiger partial charge is 0.394 e. The van der Waals surface area contributed by atoms with Crippen molar-refractivity contribution in [2.45, 2.75) is 384 Å². The van der Waals surface area contributed by atoms with Crippen LogP contribution < -0.4 is 5.32 Å². The lowest BCUT2D eigenvalue weighted by atomic mass is 9.98. The standard InChI is InChI=1S/C63H125NO10/c1-3-5-7-9-11-13-15-17-19-21-23-25-27-28-29-31-33-35-37-39-41-43-45-47-49-51-56(67)62(72)64-54(53-73-63-61(71)60(70)59(69)57(52-65)74-63)58(68)55(66)50-48-46-44-42-40-38-36-34-32-30-26-24-22-20-18-16-14-12-10-8-6-4-2/h54-61,63,65-71H,3-53H2,1-2H3,(H,64,72). The number of unbranched alkanes of at least 4 members (excludes halogenated alkanes) is 45. The molecule has 9 atom stereocenters. The van der Waals surface area contributed by atoms with Gasteiger partial charge in [0.25, 0.3) is 0 Å². The molecule has 1 aliphatic heterocycles. The number of amides is 1. The maximum absolute atomic E-state index is 13.2. The summed E-state index contributed by atoms with van der Waals surface area (Å²) in [5.74, 6) is -0.688. The molecule has 0 radical (unpaired) electrons. The van der Waals surface area contributed by atoms with Crippen LogP contribution in [0.1, 0.15) is 328 Å². The van der Waals surface area contributed by atoms with Crippen LogP contribution in [0.5, 0.6) is 0 Å². The van der Waals surface area contributed by atoms with Crippen LogP contribution in [0, 0.1) is 0 Å². The third-order valence-corrected chi connectivity index (χ3v) is 16.2. The van der Waals surface area contributed by atoms with Crippen molar-refractivity contribution in [1.82, 2.24) is 5.32 Å². The second-order valence-electron chi connectivity index (χ2n) is 23.2. The van der Waals surface area contributed by atoms with Gasteiger partial charge in [-0.1, -0.05) is 316 Å². The van der Waals surface area contributed by atoms with Crippen molar-refractivity contribution in [1.29, 1.82) is 0 Å². The first-order chi connectivity index (χ1) is 36.2. The molecule has 0 aromatic heterocycles. The van der Waals surface area contributed by atoms with Crippen LogP contribution in [-0.4, -0.2) is 110 Å². The van der Waals surface area contributed by atoms with Crippen molar-refractivity contribution >= 4 is 5.91 Å². The smallest absolute Gasteiger partial charge is 0.249 e.